The van der Waals surface area contributed by atoms with Gasteiger partial charge in [-0.3, -0.25) is 0 Å². The highest BCUT2D eigenvalue weighted by Crippen LogP contribution is 2.33. The number of aromatic nitrogens is 3. The lowest BCUT2D eigenvalue weighted by atomic mass is 9.85. The molecular weight excluding hydrogens is 272 g/mol. The number of nitrogens with zero attached hydrogens (tertiary/aromatic N) is 3. The molecule has 112 valence electrons. The summed E-state index contributed by atoms with van der Waals surface area (Å²) < 4.78 is 2.03. The van der Waals surface area contributed by atoms with Crippen LogP contribution in [0.1, 0.15) is 24.4 Å². The molecule has 3 aromatic rings. The predicted molar refractivity (Wildman–Crippen MR) is 87.7 cm³/mol. The van der Waals surface area contributed by atoms with E-state index < -0.39 is 0 Å². The summed E-state index contributed by atoms with van der Waals surface area (Å²) in [5.74, 6) is 0.601. The van der Waals surface area contributed by atoms with Gasteiger partial charge in [-0.05, 0) is 54.3 Å². The molecular formula is C18H20N4. The highest BCUT2D eigenvalue weighted by atomic mass is 15.4. The maximum absolute atomic E-state index is 4.29. The van der Waals surface area contributed by atoms with Crippen LogP contribution in [0.4, 0.5) is 0 Å². The van der Waals surface area contributed by atoms with E-state index in [9.17, 15) is 0 Å². The summed E-state index contributed by atoms with van der Waals surface area (Å²) in [5, 5.41) is 14.3. The Morgan fingerprint density at radius 3 is 2.64 bits per heavy atom. The summed E-state index contributed by atoms with van der Waals surface area (Å²) in [6.07, 6.45) is 6.12. The third-order valence-corrected chi connectivity index (χ3v) is 4.67. The first-order chi connectivity index (χ1) is 10.9. The Balaban J connectivity index is 1.78. The molecule has 2 aromatic carbocycles. The summed E-state index contributed by atoms with van der Waals surface area (Å²) in [6.45, 7) is 2.17. The second-order valence-corrected chi connectivity index (χ2v) is 6.02. The van der Waals surface area contributed by atoms with Crippen LogP contribution in [0.15, 0.2) is 54.9 Å². The third kappa shape index (κ3) is 2.50. The van der Waals surface area contributed by atoms with Crippen molar-refractivity contribution in [3.05, 3.63) is 60.4 Å². The molecule has 1 aliphatic rings. The minimum absolute atomic E-state index is 0.272. The van der Waals surface area contributed by atoms with E-state index in [1.54, 1.807) is 6.20 Å². The van der Waals surface area contributed by atoms with Crippen LogP contribution < -0.4 is 5.32 Å². The second-order valence-electron chi connectivity index (χ2n) is 6.02. The number of fused-ring (bicyclic) bond motifs is 1. The molecule has 1 fully saturated rings. The molecule has 0 saturated carbocycles. The van der Waals surface area contributed by atoms with Gasteiger partial charge in [0.15, 0.2) is 0 Å². The minimum Gasteiger partial charge on any atom is -0.317 e. The van der Waals surface area contributed by atoms with Gasteiger partial charge in [0, 0.05) is 6.20 Å². The molecule has 4 rings (SSSR count). The molecule has 22 heavy (non-hydrogen) atoms. The molecule has 0 spiro atoms. The molecule has 1 aromatic heterocycles. The van der Waals surface area contributed by atoms with Gasteiger partial charge in [-0.1, -0.05) is 41.6 Å². The maximum Gasteiger partial charge on any atom is 0.0815 e. The normalized spacial score (nSPS) is 17.6. The van der Waals surface area contributed by atoms with Crippen molar-refractivity contribution in [2.75, 3.05) is 13.1 Å². The van der Waals surface area contributed by atoms with Crippen molar-refractivity contribution < 1.29 is 0 Å². The maximum atomic E-state index is 4.29. The first-order valence-electron chi connectivity index (χ1n) is 7.97. The molecule has 0 unspecified atom stereocenters. The molecule has 1 aliphatic heterocycles. The Kier molecular flexibility index (Phi) is 3.60. The number of rotatable bonds is 3. The lowest BCUT2D eigenvalue weighted by Crippen LogP contribution is -2.33. The standard InChI is InChI=1S/C18H20N4/c1-2-4-16-13-17(6-5-14(16)3-1)18(22-12-11-20-21-22)15-7-9-19-10-8-15/h1-6,11-13,15,18-19H,7-10H2/t18-/m0/s1. The van der Waals surface area contributed by atoms with E-state index in [1.165, 1.54) is 29.2 Å². The van der Waals surface area contributed by atoms with Crippen LogP contribution in [0.2, 0.25) is 0 Å². The first kappa shape index (κ1) is 13.5. The summed E-state index contributed by atoms with van der Waals surface area (Å²) in [6, 6.07) is 15.6. The fraction of sp³-hybridized carbons (Fsp3) is 0.333. The van der Waals surface area contributed by atoms with Gasteiger partial charge in [0.25, 0.3) is 0 Å². The zero-order valence-electron chi connectivity index (χ0n) is 12.5. The molecule has 4 heteroatoms. The van der Waals surface area contributed by atoms with Crippen molar-refractivity contribution in [3.8, 4) is 0 Å². The monoisotopic (exact) mass is 292 g/mol. The lowest BCUT2D eigenvalue weighted by molar-refractivity contribution is 0.274. The van der Waals surface area contributed by atoms with Crippen LogP contribution in [0, 0.1) is 5.92 Å². The SMILES string of the molecule is c1ccc2cc([C@H](C3CCNCC3)n3ccnn3)ccc2c1. The minimum atomic E-state index is 0.272. The van der Waals surface area contributed by atoms with Gasteiger partial charge in [0.05, 0.1) is 12.2 Å². The van der Waals surface area contributed by atoms with E-state index >= 15 is 0 Å². The zero-order valence-corrected chi connectivity index (χ0v) is 12.5. The molecule has 1 atom stereocenters. The summed E-state index contributed by atoms with van der Waals surface area (Å²) in [5.41, 5.74) is 1.33. The fourth-order valence-electron chi connectivity index (χ4n) is 3.56. The van der Waals surface area contributed by atoms with Crippen molar-refractivity contribution in [3.63, 3.8) is 0 Å². The number of benzene rings is 2. The lowest BCUT2D eigenvalue weighted by Gasteiger charge is -2.31. The van der Waals surface area contributed by atoms with Gasteiger partial charge in [0.2, 0.25) is 0 Å². The van der Waals surface area contributed by atoms with E-state index in [-0.39, 0.29) is 6.04 Å². The summed E-state index contributed by atoms with van der Waals surface area (Å²) in [7, 11) is 0. The van der Waals surface area contributed by atoms with Crippen molar-refractivity contribution in [2.45, 2.75) is 18.9 Å². The van der Waals surface area contributed by atoms with E-state index in [0.717, 1.165) is 13.1 Å². The molecule has 4 nitrogen and oxygen atoms in total. The van der Waals surface area contributed by atoms with Gasteiger partial charge in [-0.2, -0.15) is 0 Å². The molecule has 1 N–H and O–H groups in total. The topological polar surface area (TPSA) is 42.7 Å². The molecule has 0 radical (unpaired) electrons. The second kappa shape index (κ2) is 5.89. The Labute approximate surface area is 130 Å². The highest BCUT2D eigenvalue weighted by Gasteiger charge is 2.27. The van der Waals surface area contributed by atoms with E-state index in [0.29, 0.717) is 5.92 Å². The number of nitrogens with one attached hydrogen (secondary N) is 1. The van der Waals surface area contributed by atoms with Crippen LogP contribution in [-0.2, 0) is 0 Å². The molecule has 0 bridgehead atoms. The largest absolute Gasteiger partial charge is 0.317 e. The molecule has 0 aliphatic carbocycles. The van der Waals surface area contributed by atoms with Gasteiger partial charge < -0.3 is 5.32 Å². The average molecular weight is 292 g/mol. The van der Waals surface area contributed by atoms with Crippen LogP contribution in [0.25, 0.3) is 10.8 Å². The van der Waals surface area contributed by atoms with Crippen LogP contribution >= 0.6 is 0 Å². The zero-order chi connectivity index (χ0) is 14.8. The third-order valence-electron chi connectivity index (χ3n) is 4.67. The van der Waals surface area contributed by atoms with Gasteiger partial charge in [0.1, 0.15) is 0 Å². The molecule has 1 saturated heterocycles. The van der Waals surface area contributed by atoms with Crippen LogP contribution in [0.3, 0.4) is 0 Å². The van der Waals surface area contributed by atoms with Crippen LogP contribution in [0.5, 0.6) is 0 Å². The average Bonchev–Trinajstić information content (AvgIpc) is 3.10. The van der Waals surface area contributed by atoms with Gasteiger partial charge in [-0.25, -0.2) is 4.68 Å². The smallest absolute Gasteiger partial charge is 0.0815 e. The quantitative estimate of drug-likeness (QED) is 0.807. The van der Waals surface area contributed by atoms with E-state index in [1.807, 2.05) is 10.9 Å². The van der Waals surface area contributed by atoms with E-state index in [4.69, 9.17) is 0 Å². The Morgan fingerprint density at radius 1 is 1.05 bits per heavy atom. The predicted octanol–water partition coefficient (Wildman–Crippen LogP) is 3.02. The van der Waals surface area contributed by atoms with Crippen molar-refractivity contribution in [1.29, 1.82) is 0 Å². The Bertz CT molecular complexity index is 745. The first-order valence-corrected chi connectivity index (χ1v) is 7.97. The van der Waals surface area contributed by atoms with Crippen molar-refractivity contribution >= 4 is 10.8 Å². The number of piperidine rings is 1. The number of hydrogen-bond donors (Lipinski definition) is 1. The molecule has 2 heterocycles. The Hall–Kier alpha value is -2.20. The summed E-state index contributed by atoms with van der Waals surface area (Å²) >= 11 is 0. The Morgan fingerprint density at radius 2 is 1.86 bits per heavy atom. The number of hydrogen-bond acceptors (Lipinski definition) is 3. The van der Waals surface area contributed by atoms with Crippen molar-refractivity contribution in [2.24, 2.45) is 5.92 Å². The van der Waals surface area contributed by atoms with E-state index in [2.05, 4.69) is 58.1 Å². The highest BCUT2D eigenvalue weighted by molar-refractivity contribution is 5.83. The fourth-order valence-corrected chi connectivity index (χ4v) is 3.56. The van der Waals surface area contributed by atoms with Crippen molar-refractivity contribution in [1.82, 2.24) is 20.3 Å². The van der Waals surface area contributed by atoms with Crippen LogP contribution in [-0.4, -0.2) is 28.1 Å². The van der Waals surface area contributed by atoms with Gasteiger partial charge in [-0.15, -0.1) is 5.10 Å². The summed E-state index contributed by atoms with van der Waals surface area (Å²) in [4.78, 5) is 0. The van der Waals surface area contributed by atoms with Gasteiger partial charge >= 0.3 is 0 Å². The molecule has 0 amide bonds.